The van der Waals surface area contributed by atoms with Gasteiger partial charge in [0.15, 0.2) is 5.82 Å². The first-order valence-corrected chi connectivity index (χ1v) is 7.38. The largest absolute Gasteiger partial charge is 0.338 e. The number of nitrogens with zero attached hydrogens (tertiary/aromatic N) is 5. The van der Waals surface area contributed by atoms with Crippen molar-refractivity contribution >= 4 is 0 Å². The minimum Gasteiger partial charge on any atom is -0.338 e. The van der Waals surface area contributed by atoms with Crippen molar-refractivity contribution in [1.82, 2.24) is 19.9 Å². The second-order valence-electron chi connectivity index (χ2n) is 5.68. The molecule has 2 aromatic rings. The summed E-state index contributed by atoms with van der Waals surface area (Å²) in [6.45, 7) is 5.30. The molecule has 6 nitrogen and oxygen atoms in total. The zero-order valence-corrected chi connectivity index (χ0v) is 12.9. The van der Waals surface area contributed by atoms with Crippen molar-refractivity contribution in [3.05, 3.63) is 47.1 Å². The van der Waals surface area contributed by atoms with Crippen LogP contribution < -0.4 is 0 Å². The number of likely N-dealkylation sites (N-methyl/N-ethyl adjacent to an activating group) is 1. The lowest BCUT2D eigenvalue weighted by Crippen LogP contribution is -2.46. The van der Waals surface area contributed by atoms with Crippen LogP contribution in [0.5, 0.6) is 0 Å². The lowest BCUT2D eigenvalue weighted by Gasteiger charge is -2.37. The summed E-state index contributed by atoms with van der Waals surface area (Å²) in [5, 5.41) is 13.1. The molecule has 1 aromatic heterocycles. The lowest BCUT2D eigenvalue weighted by molar-refractivity contribution is 0.0714. The van der Waals surface area contributed by atoms with E-state index in [1.807, 2.05) is 31.2 Å². The van der Waals surface area contributed by atoms with Crippen LogP contribution in [0.15, 0.2) is 28.8 Å². The van der Waals surface area contributed by atoms with Crippen LogP contribution in [0.25, 0.3) is 0 Å². The molecule has 1 saturated heterocycles. The van der Waals surface area contributed by atoms with Gasteiger partial charge in [0.25, 0.3) is 0 Å². The van der Waals surface area contributed by atoms with Gasteiger partial charge in [0.1, 0.15) is 6.04 Å². The third-order valence-corrected chi connectivity index (χ3v) is 4.09. The van der Waals surface area contributed by atoms with E-state index >= 15 is 0 Å². The maximum atomic E-state index is 9.21. The van der Waals surface area contributed by atoms with Crippen LogP contribution in [0.3, 0.4) is 0 Å². The van der Waals surface area contributed by atoms with E-state index in [2.05, 4.69) is 33.1 Å². The summed E-state index contributed by atoms with van der Waals surface area (Å²) in [5.74, 6) is 1.33. The molecule has 1 aliphatic rings. The summed E-state index contributed by atoms with van der Waals surface area (Å²) >= 11 is 0. The molecule has 0 N–H and O–H groups in total. The van der Waals surface area contributed by atoms with Gasteiger partial charge in [0.2, 0.25) is 5.89 Å². The smallest absolute Gasteiger partial charge is 0.245 e. The first kappa shape index (κ1) is 14.7. The molecule has 0 amide bonds. The molecule has 22 heavy (non-hydrogen) atoms. The van der Waals surface area contributed by atoms with E-state index in [0.29, 0.717) is 11.7 Å². The second kappa shape index (κ2) is 6.26. The average Bonchev–Trinajstić information content (AvgIpc) is 2.96. The maximum absolute atomic E-state index is 9.21. The highest BCUT2D eigenvalue weighted by molar-refractivity contribution is 5.37. The first-order chi connectivity index (χ1) is 10.7. The lowest BCUT2D eigenvalue weighted by atomic mass is 10.1. The first-order valence-electron chi connectivity index (χ1n) is 7.38. The molecule has 1 aromatic carbocycles. The van der Waals surface area contributed by atoms with Crippen LogP contribution in [-0.4, -0.2) is 46.6 Å². The molecule has 0 saturated carbocycles. The Hall–Kier alpha value is -2.23. The fourth-order valence-electron chi connectivity index (χ4n) is 2.80. The minimum absolute atomic E-state index is 0.101. The molecule has 0 spiro atoms. The normalized spacial score (nSPS) is 20.0. The van der Waals surface area contributed by atoms with E-state index in [4.69, 9.17) is 4.52 Å². The zero-order valence-electron chi connectivity index (χ0n) is 12.9. The van der Waals surface area contributed by atoms with Crippen molar-refractivity contribution in [2.75, 3.05) is 26.7 Å². The van der Waals surface area contributed by atoms with Crippen molar-refractivity contribution in [1.29, 1.82) is 5.26 Å². The molecule has 6 heteroatoms. The summed E-state index contributed by atoms with van der Waals surface area (Å²) in [7, 11) is 2.07. The molecule has 1 atom stereocenters. The maximum Gasteiger partial charge on any atom is 0.245 e. The Kier molecular flexibility index (Phi) is 4.18. The van der Waals surface area contributed by atoms with Gasteiger partial charge in [-0.3, -0.25) is 9.80 Å². The summed E-state index contributed by atoms with van der Waals surface area (Å²) in [4.78, 5) is 8.93. The summed E-state index contributed by atoms with van der Waals surface area (Å²) in [6, 6.07) is 10.1. The zero-order chi connectivity index (χ0) is 15.5. The molecule has 1 unspecified atom stereocenters. The van der Waals surface area contributed by atoms with Gasteiger partial charge in [-0.05, 0) is 25.6 Å². The third kappa shape index (κ3) is 3.01. The number of hydrogen-bond acceptors (Lipinski definition) is 6. The Bertz CT molecular complexity index is 690. The monoisotopic (exact) mass is 297 g/mol. The van der Waals surface area contributed by atoms with Gasteiger partial charge < -0.3 is 4.52 Å². The molecule has 1 fully saturated rings. The van der Waals surface area contributed by atoms with Gasteiger partial charge in [-0.25, -0.2) is 0 Å². The Morgan fingerprint density at radius 1 is 1.36 bits per heavy atom. The van der Waals surface area contributed by atoms with E-state index in [9.17, 15) is 5.26 Å². The van der Waals surface area contributed by atoms with E-state index in [-0.39, 0.29) is 6.04 Å². The Morgan fingerprint density at radius 2 is 2.18 bits per heavy atom. The Balaban J connectivity index is 1.75. The number of piperazine rings is 1. The van der Waals surface area contributed by atoms with E-state index in [1.54, 1.807) is 0 Å². The summed E-state index contributed by atoms with van der Waals surface area (Å²) in [5.41, 5.74) is 1.81. The van der Waals surface area contributed by atoms with Gasteiger partial charge in [0.05, 0.1) is 11.6 Å². The van der Waals surface area contributed by atoms with Gasteiger partial charge in [-0.15, -0.1) is 0 Å². The Morgan fingerprint density at radius 3 is 2.91 bits per heavy atom. The summed E-state index contributed by atoms with van der Waals surface area (Å²) < 4.78 is 5.34. The molecule has 3 rings (SSSR count). The van der Waals surface area contributed by atoms with E-state index in [0.717, 1.165) is 37.3 Å². The minimum atomic E-state index is 0.101. The van der Waals surface area contributed by atoms with Crippen LogP contribution >= 0.6 is 0 Å². The SMILES string of the molecule is Cc1noc(C2CN(Cc3ccccc3C#N)CCN2C)n1. The Labute approximate surface area is 129 Å². The van der Waals surface area contributed by atoms with Crippen LogP contribution in [0.4, 0.5) is 0 Å². The molecule has 114 valence electrons. The molecule has 2 heterocycles. The van der Waals surface area contributed by atoms with Crippen LogP contribution in [0.2, 0.25) is 0 Å². The van der Waals surface area contributed by atoms with E-state index < -0.39 is 0 Å². The number of benzene rings is 1. The molecule has 1 aliphatic heterocycles. The van der Waals surface area contributed by atoms with E-state index in [1.165, 1.54) is 0 Å². The highest BCUT2D eigenvalue weighted by Gasteiger charge is 2.30. The molecule has 0 aliphatic carbocycles. The number of rotatable bonds is 3. The van der Waals surface area contributed by atoms with Crippen LogP contribution in [0, 0.1) is 18.3 Å². The average molecular weight is 297 g/mol. The number of aromatic nitrogens is 2. The van der Waals surface area contributed by atoms with Crippen molar-refractivity contribution in [3.8, 4) is 6.07 Å². The van der Waals surface area contributed by atoms with Gasteiger partial charge in [0, 0.05) is 26.2 Å². The van der Waals surface area contributed by atoms with Crippen LogP contribution in [-0.2, 0) is 6.54 Å². The fraction of sp³-hybridized carbons (Fsp3) is 0.438. The number of nitriles is 1. The quantitative estimate of drug-likeness (QED) is 0.859. The van der Waals surface area contributed by atoms with Crippen molar-refractivity contribution in [2.45, 2.75) is 19.5 Å². The predicted octanol–water partition coefficient (Wildman–Crippen LogP) is 1.74. The molecular weight excluding hydrogens is 278 g/mol. The van der Waals surface area contributed by atoms with Crippen molar-refractivity contribution in [3.63, 3.8) is 0 Å². The predicted molar refractivity (Wildman–Crippen MR) is 80.8 cm³/mol. The van der Waals surface area contributed by atoms with Gasteiger partial charge in [-0.2, -0.15) is 10.2 Å². The van der Waals surface area contributed by atoms with Crippen molar-refractivity contribution in [2.24, 2.45) is 0 Å². The van der Waals surface area contributed by atoms with Gasteiger partial charge in [-0.1, -0.05) is 23.4 Å². The highest BCUT2D eigenvalue weighted by atomic mass is 16.5. The number of aryl methyl sites for hydroxylation is 1. The molecule has 0 radical (unpaired) electrons. The summed E-state index contributed by atoms with van der Waals surface area (Å²) in [6.07, 6.45) is 0. The van der Waals surface area contributed by atoms with Crippen LogP contribution in [0.1, 0.15) is 28.9 Å². The van der Waals surface area contributed by atoms with Gasteiger partial charge >= 0.3 is 0 Å². The van der Waals surface area contributed by atoms with Crippen molar-refractivity contribution < 1.29 is 4.52 Å². The fourth-order valence-corrected chi connectivity index (χ4v) is 2.80. The number of hydrogen-bond donors (Lipinski definition) is 0. The second-order valence-corrected chi connectivity index (χ2v) is 5.68. The topological polar surface area (TPSA) is 69.2 Å². The highest BCUT2D eigenvalue weighted by Crippen LogP contribution is 2.24. The molecular formula is C16H19N5O. The third-order valence-electron chi connectivity index (χ3n) is 4.09. The molecule has 0 bridgehead atoms. The standard InChI is InChI=1S/C16H19N5O/c1-12-18-16(22-19-12)15-11-21(8-7-20(15)2)10-14-6-4-3-5-13(14)9-17/h3-6,15H,7-8,10-11H2,1-2H3.